The van der Waals surface area contributed by atoms with Gasteiger partial charge in [-0.3, -0.25) is 9.69 Å². The first-order valence-corrected chi connectivity index (χ1v) is 8.54. The maximum atomic E-state index is 12.5. The van der Waals surface area contributed by atoms with Crippen molar-refractivity contribution >= 4 is 17.4 Å². The lowest BCUT2D eigenvalue weighted by Gasteiger charge is -2.31. The van der Waals surface area contributed by atoms with Crippen LogP contribution in [0.5, 0.6) is 0 Å². The monoisotopic (exact) mass is 337 g/mol. The Morgan fingerprint density at radius 1 is 1.24 bits per heavy atom. The minimum absolute atomic E-state index is 0.0134. The molecule has 2 aromatic rings. The van der Waals surface area contributed by atoms with Crippen molar-refractivity contribution in [2.24, 2.45) is 0 Å². The molecular weight excluding hydrogens is 314 g/mol. The van der Waals surface area contributed by atoms with Crippen LogP contribution in [-0.2, 0) is 4.79 Å². The number of aromatic nitrogens is 1. The van der Waals surface area contributed by atoms with E-state index in [4.69, 9.17) is 5.26 Å². The van der Waals surface area contributed by atoms with E-state index >= 15 is 0 Å². The Morgan fingerprint density at radius 3 is 2.56 bits per heavy atom. The lowest BCUT2D eigenvalue weighted by Crippen LogP contribution is -3.19. The molecule has 6 nitrogen and oxygen atoms in total. The molecule has 1 saturated heterocycles. The molecule has 1 atom stereocenters. The molecule has 1 fully saturated rings. The van der Waals surface area contributed by atoms with E-state index in [2.05, 4.69) is 27.3 Å². The highest BCUT2D eigenvalue weighted by atomic mass is 16.2. The molecule has 3 rings (SSSR count). The standard InChI is InChI=1S/C19H21N5O/c1-15(19(25)22-17-7-5-16(14-20)6-8-17)23-10-12-24(13-11-23)18-4-2-3-9-21-18/h2-9,15H,10-13H2,1H3,(H,22,25)/p+2/t15-/m1/s1. The Labute approximate surface area is 147 Å². The van der Waals surface area contributed by atoms with Crippen molar-refractivity contribution in [3.8, 4) is 6.07 Å². The summed E-state index contributed by atoms with van der Waals surface area (Å²) in [4.78, 5) is 19.4. The van der Waals surface area contributed by atoms with Crippen molar-refractivity contribution in [3.63, 3.8) is 0 Å². The number of hydrogen-bond acceptors (Lipinski definition) is 3. The number of H-pyrrole nitrogens is 1. The van der Waals surface area contributed by atoms with Gasteiger partial charge < -0.3 is 10.2 Å². The molecule has 25 heavy (non-hydrogen) atoms. The average Bonchev–Trinajstić information content (AvgIpc) is 2.69. The number of nitrogens with one attached hydrogen (secondary N) is 3. The Hall–Kier alpha value is -2.91. The van der Waals surface area contributed by atoms with Crippen molar-refractivity contribution in [2.45, 2.75) is 13.0 Å². The minimum atomic E-state index is -0.113. The zero-order valence-corrected chi connectivity index (χ0v) is 14.3. The Kier molecular flexibility index (Phi) is 5.26. The third-order valence-corrected chi connectivity index (χ3v) is 4.73. The van der Waals surface area contributed by atoms with Crippen LogP contribution in [0.4, 0.5) is 11.5 Å². The number of amides is 1. The van der Waals surface area contributed by atoms with Gasteiger partial charge in [-0.05, 0) is 37.3 Å². The van der Waals surface area contributed by atoms with Crippen LogP contribution in [0.2, 0.25) is 0 Å². The Bertz CT molecular complexity index is 746. The molecule has 0 bridgehead atoms. The van der Waals surface area contributed by atoms with Crippen LogP contribution >= 0.6 is 0 Å². The van der Waals surface area contributed by atoms with Gasteiger partial charge in [-0.15, -0.1) is 0 Å². The molecule has 6 heteroatoms. The van der Waals surface area contributed by atoms with Gasteiger partial charge in [0.1, 0.15) is 26.2 Å². The first-order chi connectivity index (χ1) is 12.2. The number of rotatable bonds is 4. The Morgan fingerprint density at radius 2 is 1.96 bits per heavy atom. The maximum Gasteiger partial charge on any atom is 0.282 e. The molecule has 0 saturated carbocycles. The van der Waals surface area contributed by atoms with Gasteiger partial charge >= 0.3 is 0 Å². The number of carbonyl (C=O) groups is 1. The number of hydrogen-bond donors (Lipinski definition) is 2. The molecule has 3 N–H and O–H groups in total. The number of aromatic amines is 1. The summed E-state index contributed by atoms with van der Waals surface area (Å²) in [7, 11) is 0. The molecule has 0 aliphatic carbocycles. The minimum Gasteiger partial charge on any atom is -0.321 e. The molecule has 1 aromatic carbocycles. The second-order valence-corrected chi connectivity index (χ2v) is 6.29. The van der Waals surface area contributed by atoms with Crippen LogP contribution in [0, 0.1) is 11.3 Å². The molecule has 0 spiro atoms. The first kappa shape index (κ1) is 16.9. The number of nitrogens with zero attached hydrogens (tertiary/aromatic N) is 2. The van der Waals surface area contributed by atoms with Crippen molar-refractivity contribution < 1.29 is 14.7 Å². The number of carbonyl (C=O) groups excluding carboxylic acids is 1. The number of anilines is 2. The number of piperazine rings is 1. The first-order valence-electron chi connectivity index (χ1n) is 8.54. The van der Waals surface area contributed by atoms with Crippen LogP contribution in [-0.4, -0.2) is 38.1 Å². The average molecular weight is 337 g/mol. The van der Waals surface area contributed by atoms with Gasteiger partial charge in [-0.25, -0.2) is 4.98 Å². The van der Waals surface area contributed by atoms with E-state index in [0.717, 1.165) is 37.7 Å². The summed E-state index contributed by atoms with van der Waals surface area (Å²) >= 11 is 0. The predicted molar refractivity (Wildman–Crippen MR) is 95.2 cm³/mol. The topological polar surface area (TPSA) is 74.7 Å². The van der Waals surface area contributed by atoms with Crippen LogP contribution in [0.1, 0.15) is 12.5 Å². The third-order valence-electron chi connectivity index (χ3n) is 4.73. The van der Waals surface area contributed by atoms with E-state index in [0.29, 0.717) is 5.56 Å². The molecule has 1 aliphatic rings. The van der Waals surface area contributed by atoms with Gasteiger partial charge in [0.15, 0.2) is 6.04 Å². The summed E-state index contributed by atoms with van der Waals surface area (Å²) in [5.41, 5.74) is 1.32. The Balaban J connectivity index is 1.54. The summed E-state index contributed by atoms with van der Waals surface area (Å²) in [5, 5.41) is 11.8. The highest BCUT2D eigenvalue weighted by Crippen LogP contribution is 2.09. The van der Waals surface area contributed by atoms with Crippen molar-refractivity contribution in [1.29, 1.82) is 5.26 Å². The zero-order chi connectivity index (χ0) is 17.6. The fraction of sp³-hybridized carbons (Fsp3) is 0.316. The summed E-state index contributed by atoms with van der Waals surface area (Å²) in [6.07, 6.45) is 1.93. The quantitative estimate of drug-likeness (QED) is 0.831. The fourth-order valence-corrected chi connectivity index (χ4v) is 3.11. The van der Waals surface area contributed by atoms with Crippen LogP contribution < -0.4 is 20.1 Å². The number of pyridine rings is 1. The predicted octanol–water partition coefficient (Wildman–Crippen LogP) is 0.104. The van der Waals surface area contributed by atoms with E-state index in [-0.39, 0.29) is 11.9 Å². The highest BCUT2D eigenvalue weighted by Gasteiger charge is 2.32. The lowest BCUT2D eigenvalue weighted by atomic mass is 10.2. The number of quaternary nitrogens is 1. The molecule has 0 radical (unpaired) electrons. The van der Waals surface area contributed by atoms with Gasteiger partial charge in [0.25, 0.3) is 11.7 Å². The maximum absolute atomic E-state index is 12.5. The van der Waals surface area contributed by atoms with Gasteiger partial charge in [0, 0.05) is 11.8 Å². The second-order valence-electron chi connectivity index (χ2n) is 6.29. The van der Waals surface area contributed by atoms with Gasteiger partial charge in [-0.1, -0.05) is 6.07 Å². The third kappa shape index (κ3) is 4.14. The van der Waals surface area contributed by atoms with E-state index < -0.39 is 0 Å². The van der Waals surface area contributed by atoms with E-state index in [1.165, 1.54) is 4.90 Å². The smallest absolute Gasteiger partial charge is 0.282 e. The largest absolute Gasteiger partial charge is 0.321 e. The molecule has 1 aromatic heterocycles. The van der Waals surface area contributed by atoms with Crippen molar-refractivity contribution in [3.05, 3.63) is 54.2 Å². The number of benzene rings is 1. The van der Waals surface area contributed by atoms with Crippen LogP contribution in [0.25, 0.3) is 0 Å². The van der Waals surface area contributed by atoms with Gasteiger partial charge in [-0.2, -0.15) is 5.26 Å². The molecule has 1 amide bonds. The van der Waals surface area contributed by atoms with Crippen LogP contribution in [0.3, 0.4) is 0 Å². The van der Waals surface area contributed by atoms with E-state index in [9.17, 15) is 4.79 Å². The van der Waals surface area contributed by atoms with Crippen molar-refractivity contribution in [2.75, 3.05) is 36.4 Å². The summed E-state index contributed by atoms with van der Waals surface area (Å²) in [6, 6.07) is 15.0. The summed E-state index contributed by atoms with van der Waals surface area (Å²) in [5.74, 6) is 1.13. The normalized spacial score (nSPS) is 16.1. The summed E-state index contributed by atoms with van der Waals surface area (Å²) < 4.78 is 0. The van der Waals surface area contributed by atoms with Crippen LogP contribution in [0.15, 0.2) is 48.7 Å². The zero-order valence-electron chi connectivity index (χ0n) is 14.3. The molecule has 128 valence electrons. The molecule has 2 heterocycles. The van der Waals surface area contributed by atoms with E-state index in [1.54, 1.807) is 24.3 Å². The second kappa shape index (κ2) is 7.77. The lowest BCUT2D eigenvalue weighted by molar-refractivity contribution is -0.914. The molecule has 1 aliphatic heterocycles. The van der Waals surface area contributed by atoms with Crippen molar-refractivity contribution in [1.82, 2.24) is 0 Å². The molecular formula is C19H23N5O+2. The number of nitriles is 1. The molecule has 0 unspecified atom stereocenters. The van der Waals surface area contributed by atoms with Gasteiger partial charge in [0.05, 0.1) is 17.8 Å². The SMILES string of the molecule is C[C@H](C(=O)Nc1ccc(C#N)cc1)[NH+]1CCN(c2cccc[nH+]2)CC1. The van der Waals surface area contributed by atoms with E-state index in [1.807, 2.05) is 25.3 Å². The van der Waals surface area contributed by atoms with Gasteiger partial charge in [0.2, 0.25) is 0 Å². The fourth-order valence-electron chi connectivity index (χ4n) is 3.11. The summed E-state index contributed by atoms with van der Waals surface area (Å²) in [6.45, 7) is 5.66. The highest BCUT2D eigenvalue weighted by molar-refractivity contribution is 5.93.